The summed E-state index contributed by atoms with van der Waals surface area (Å²) in [7, 11) is 1.80. The highest BCUT2D eigenvalue weighted by molar-refractivity contribution is 9.10. The van der Waals surface area contributed by atoms with E-state index in [0.29, 0.717) is 11.2 Å². The van der Waals surface area contributed by atoms with Gasteiger partial charge in [-0.25, -0.2) is 0 Å². The van der Waals surface area contributed by atoms with Crippen LogP contribution in [0.5, 0.6) is 0 Å². The number of anilines is 1. The summed E-state index contributed by atoms with van der Waals surface area (Å²) in [4.78, 5) is 14.1. The van der Waals surface area contributed by atoms with Gasteiger partial charge in [-0.3, -0.25) is 4.79 Å². The average molecular weight is 335 g/mol. The lowest BCUT2D eigenvalue weighted by molar-refractivity contribution is -0.131. The Balaban J connectivity index is 1.65. The van der Waals surface area contributed by atoms with E-state index in [4.69, 9.17) is 4.42 Å². The van der Waals surface area contributed by atoms with Crippen LogP contribution < -0.4 is 5.32 Å². The van der Waals surface area contributed by atoms with Crippen LogP contribution in [0.4, 0.5) is 5.69 Å². The van der Waals surface area contributed by atoms with E-state index in [1.54, 1.807) is 11.9 Å². The van der Waals surface area contributed by atoms with Crippen LogP contribution in [0.1, 0.15) is 11.3 Å². The van der Waals surface area contributed by atoms with E-state index in [-0.39, 0.29) is 11.9 Å². The highest BCUT2D eigenvalue weighted by Crippen LogP contribution is 2.26. The second-order valence-electron chi connectivity index (χ2n) is 4.96. The SMILES string of the molecule is CN(Cc1ccc(Br)o1)C(=O)C1Cc2ccccc2N1. The summed E-state index contributed by atoms with van der Waals surface area (Å²) in [5.41, 5.74) is 2.25. The fourth-order valence-corrected chi connectivity index (χ4v) is 2.80. The van der Waals surface area contributed by atoms with Crippen LogP contribution in [-0.2, 0) is 17.8 Å². The van der Waals surface area contributed by atoms with Gasteiger partial charge < -0.3 is 14.6 Å². The van der Waals surface area contributed by atoms with Crippen LogP contribution in [0.3, 0.4) is 0 Å². The third kappa shape index (κ3) is 2.58. The molecule has 4 nitrogen and oxygen atoms in total. The standard InChI is InChI=1S/C15H15BrN2O2/c1-18(9-11-6-7-14(16)20-11)15(19)13-8-10-4-2-3-5-12(10)17-13/h2-7,13,17H,8-9H2,1H3. The molecule has 0 saturated heterocycles. The van der Waals surface area contributed by atoms with Gasteiger partial charge in [0.1, 0.15) is 11.8 Å². The maximum absolute atomic E-state index is 12.4. The molecule has 1 amide bonds. The Morgan fingerprint density at radius 1 is 1.40 bits per heavy atom. The van der Waals surface area contributed by atoms with Crippen LogP contribution in [0.15, 0.2) is 45.5 Å². The van der Waals surface area contributed by atoms with E-state index < -0.39 is 0 Å². The second-order valence-corrected chi connectivity index (χ2v) is 5.74. The molecule has 2 aromatic rings. The summed E-state index contributed by atoms with van der Waals surface area (Å²) in [6.45, 7) is 0.471. The molecule has 1 unspecified atom stereocenters. The molecule has 0 bridgehead atoms. The lowest BCUT2D eigenvalue weighted by Gasteiger charge is -2.20. The summed E-state index contributed by atoms with van der Waals surface area (Å²) in [5.74, 6) is 0.844. The van der Waals surface area contributed by atoms with Crippen LogP contribution in [0.2, 0.25) is 0 Å². The number of hydrogen-bond donors (Lipinski definition) is 1. The fraction of sp³-hybridized carbons (Fsp3) is 0.267. The zero-order valence-electron chi connectivity index (χ0n) is 11.1. The molecule has 0 fully saturated rings. The lowest BCUT2D eigenvalue weighted by atomic mass is 10.1. The quantitative estimate of drug-likeness (QED) is 0.938. The number of furan rings is 1. The van der Waals surface area contributed by atoms with Gasteiger partial charge in [0, 0.05) is 19.2 Å². The van der Waals surface area contributed by atoms with Gasteiger partial charge >= 0.3 is 0 Å². The van der Waals surface area contributed by atoms with Crippen LogP contribution in [-0.4, -0.2) is 23.9 Å². The Labute approximate surface area is 125 Å². The first kappa shape index (κ1) is 13.2. The van der Waals surface area contributed by atoms with Gasteiger partial charge in [-0.1, -0.05) is 18.2 Å². The molecule has 2 heterocycles. The minimum absolute atomic E-state index is 0.0775. The van der Waals surface area contributed by atoms with E-state index in [9.17, 15) is 4.79 Å². The van der Waals surface area contributed by atoms with E-state index >= 15 is 0 Å². The van der Waals surface area contributed by atoms with Gasteiger partial charge in [-0.15, -0.1) is 0 Å². The molecule has 0 saturated carbocycles. The van der Waals surface area contributed by atoms with E-state index in [1.807, 2.05) is 30.3 Å². The van der Waals surface area contributed by atoms with E-state index in [2.05, 4.69) is 27.3 Å². The Bertz CT molecular complexity index is 613. The number of nitrogens with one attached hydrogen (secondary N) is 1. The number of carbonyl (C=O) groups is 1. The highest BCUT2D eigenvalue weighted by atomic mass is 79.9. The van der Waals surface area contributed by atoms with Crippen LogP contribution in [0, 0.1) is 0 Å². The van der Waals surface area contributed by atoms with Gasteiger partial charge in [-0.2, -0.15) is 0 Å². The minimum Gasteiger partial charge on any atom is -0.452 e. The summed E-state index contributed by atoms with van der Waals surface area (Å²) >= 11 is 3.26. The maximum Gasteiger partial charge on any atom is 0.245 e. The number of amides is 1. The minimum atomic E-state index is -0.184. The average Bonchev–Trinajstić information content (AvgIpc) is 3.03. The molecular formula is C15H15BrN2O2. The Morgan fingerprint density at radius 3 is 2.90 bits per heavy atom. The van der Waals surface area contributed by atoms with Crippen LogP contribution in [0.25, 0.3) is 0 Å². The van der Waals surface area contributed by atoms with Crippen molar-refractivity contribution in [1.82, 2.24) is 4.90 Å². The zero-order chi connectivity index (χ0) is 14.1. The molecule has 0 spiro atoms. The second kappa shape index (κ2) is 5.32. The number of benzene rings is 1. The molecule has 1 aliphatic rings. The maximum atomic E-state index is 12.4. The summed E-state index contributed by atoms with van der Waals surface area (Å²) in [5, 5.41) is 3.28. The van der Waals surface area contributed by atoms with Gasteiger partial charge in [0.05, 0.1) is 6.54 Å². The van der Waals surface area contributed by atoms with Gasteiger partial charge in [0.15, 0.2) is 4.67 Å². The number of para-hydroxylation sites is 1. The zero-order valence-corrected chi connectivity index (χ0v) is 12.7. The molecule has 3 rings (SSSR count). The van der Waals surface area contributed by atoms with E-state index in [0.717, 1.165) is 17.9 Å². The number of halogens is 1. The molecule has 0 aliphatic carbocycles. The van der Waals surface area contributed by atoms with Crippen LogP contribution >= 0.6 is 15.9 Å². The summed E-state index contributed by atoms with van der Waals surface area (Å²) < 4.78 is 6.11. The summed E-state index contributed by atoms with van der Waals surface area (Å²) in [6, 6.07) is 11.5. The third-order valence-electron chi connectivity index (χ3n) is 3.47. The number of rotatable bonds is 3. The molecule has 0 radical (unpaired) electrons. The van der Waals surface area contributed by atoms with Crippen molar-refractivity contribution in [3.8, 4) is 0 Å². The molecule has 1 N–H and O–H groups in total. The first-order valence-electron chi connectivity index (χ1n) is 6.47. The summed E-state index contributed by atoms with van der Waals surface area (Å²) in [6.07, 6.45) is 0.737. The Morgan fingerprint density at radius 2 is 2.20 bits per heavy atom. The van der Waals surface area contributed by atoms with Gasteiger partial charge in [0.25, 0.3) is 0 Å². The molecule has 20 heavy (non-hydrogen) atoms. The van der Waals surface area contributed by atoms with Crippen molar-refractivity contribution in [2.24, 2.45) is 0 Å². The van der Waals surface area contributed by atoms with Crippen molar-refractivity contribution >= 4 is 27.5 Å². The molecule has 1 aliphatic heterocycles. The number of hydrogen-bond acceptors (Lipinski definition) is 3. The number of nitrogens with zero attached hydrogens (tertiary/aromatic N) is 1. The Hall–Kier alpha value is -1.75. The van der Waals surface area contributed by atoms with Gasteiger partial charge in [0.2, 0.25) is 5.91 Å². The lowest BCUT2D eigenvalue weighted by Crippen LogP contribution is -2.39. The normalized spacial score (nSPS) is 16.6. The predicted molar refractivity (Wildman–Crippen MR) is 80.4 cm³/mol. The van der Waals surface area contributed by atoms with Crippen molar-refractivity contribution in [2.45, 2.75) is 19.0 Å². The van der Waals surface area contributed by atoms with Gasteiger partial charge in [-0.05, 0) is 39.7 Å². The topological polar surface area (TPSA) is 45.5 Å². The van der Waals surface area contributed by atoms with Crippen molar-refractivity contribution in [3.63, 3.8) is 0 Å². The first-order valence-corrected chi connectivity index (χ1v) is 7.26. The van der Waals surface area contributed by atoms with Crippen molar-refractivity contribution < 1.29 is 9.21 Å². The smallest absolute Gasteiger partial charge is 0.245 e. The highest BCUT2D eigenvalue weighted by Gasteiger charge is 2.28. The van der Waals surface area contributed by atoms with Crippen molar-refractivity contribution in [2.75, 3.05) is 12.4 Å². The molecule has 5 heteroatoms. The molecular weight excluding hydrogens is 320 g/mol. The monoisotopic (exact) mass is 334 g/mol. The third-order valence-corrected chi connectivity index (χ3v) is 3.89. The largest absolute Gasteiger partial charge is 0.452 e. The number of likely N-dealkylation sites (N-methyl/N-ethyl adjacent to an activating group) is 1. The van der Waals surface area contributed by atoms with Crippen molar-refractivity contribution in [3.05, 3.63) is 52.4 Å². The molecule has 1 atom stereocenters. The number of carbonyl (C=O) groups excluding carboxylic acids is 1. The molecule has 1 aromatic carbocycles. The predicted octanol–water partition coefficient (Wildman–Crippen LogP) is 3.04. The molecule has 1 aromatic heterocycles. The molecule has 104 valence electrons. The van der Waals surface area contributed by atoms with E-state index in [1.165, 1.54) is 5.56 Å². The van der Waals surface area contributed by atoms with Crippen molar-refractivity contribution in [1.29, 1.82) is 0 Å². The fourth-order valence-electron chi connectivity index (χ4n) is 2.46. The first-order chi connectivity index (χ1) is 9.63. The number of fused-ring (bicyclic) bond motifs is 1. The Kier molecular flexibility index (Phi) is 3.53.